The first-order valence-corrected chi connectivity index (χ1v) is 8.88. The largest absolute Gasteiger partial charge is 0.497 e. The molecule has 0 N–H and O–H groups in total. The van der Waals surface area contributed by atoms with E-state index in [1.165, 1.54) is 14.2 Å². The van der Waals surface area contributed by atoms with Gasteiger partial charge in [-0.2, -0.15) is 0 Å². The minimum absolute atomic E-state index is 0.394. The molecule has 0 aliphatic carbocycles. The first-order valence-electron chi connectivity index (χ1n) is 8.88. The van der Waals surface area contributed by atoms with E-state index in [9.17, 15) is 9.59 Å². The van der Waals surface area contributed by atoms with Crippen LogP contribution in [0.2, 0.25) is 0 Å². The van der Waals surface area contributed by atoms with E-state index in [1.807, 2.05) is 53.4 Å². The lowest BCUT2D eigenvalue weighted by molar-refractivity contribution is 0.0592. The summed E-state index contributed by atoms with van der Waals surface area (Å²) >= 11 is 0. The van der Waals surface area contributed by atoms with E-state index in [0.29, 0.717) is 11.1 Å². The summed E-state index contributed by atoms with van der Waals surface area (Å²) in [6.07, 6.45) is 0. The molecule has 0 spiro atoms. The standard InChI is InChI=1S/C23H21NO5/c1-27-21-14-12-20(13-15-21)24(18-8-4-16(5-9-18)22(25)28-2)19-10-6-17(7-11-19)23(26)29-3/h4-15H,1-3H3. The molecule has 0 fully saturated rings. The highest BCUT2D eigenvalue weighted by Gasteiger charge is 2.15. The number of carbonyl (C=O) groups excluding carboxylic acids is 2. The molecule has 0 aromatic heterocycles. The van der Waals surface area contributed by atoms with Gasteiger partial charge in [0.1, 0.15) is 5.75 Å². The number of benzene rings is 3. The Morgan fingerprint density at radius 2 is 0.931 bits per heavy atom. The second kappa shape index (κ2) is 8.93. The maximum absolute atomic E-state index is 11.7. The van der Waals surface area contributed by atoms with Crippen LogP contribution in [0.4, 0.5) is 17.1 Å². The van der Waals surface area contributed by atoms with Crippen molar-refractivity contribution in [2.75, 3.05) is 26.2 Å². The minimum atomic E-state index is -0.394. The van der Waals surface area contributed by atoms with Crippen molar-refractivity contribution in [1.82, 2.24) is 0 Å². The molecule has 0 bridgehead atoms. The quantitative estimate of drug-likeness (QED) is 0.566. The fourth-order valence-electron chi connectivity index (χ4n) is 2.91. The lowest BCUT2D eigenvalue weighted by Crippen LogP contribution is -2.11. The molecule has 6 nitrogen and oxygen atoms in total. The van der Waals surface area contributed by atoms with Gasteiger partial charge < -0.3 is 19.1 Å². The zero-order valence-electron chi connectivity index (χ0n) is 16.4. The van der Waals surface area contributed by atoms with E-state index in [4.69, 9.17) is 14.2 Å². The summed E-state index contributed by atoms with van der Waals surface area (Å²) in [5.74, 6) is -0.0410. The number of rotatable bonds is 6. The topological polar surface area (TPSA) is 65.1 Å². The van der Waals surface area contributed by atoms with Crippen molar-refractivity contribution in [2.24, 2.45) is 0 Å². The van der Waals surface area contributed by atoms with Crippen LogP contribution in [-0.4, -0.2) is 33.3 Å². The lowest BCUT2D eigenvalue weighted by atomic mass is 10.1. The predicted octanol–water partition coefficient (Wildman–Crippen LogP) is 4.74. The van der Waals surface area contributed by atoms with Crippen molar-refractivity contribution < 1.29 is 23.8 Å². The fourth-order valence-corrected chi connectivity index (χ4v) is 2.91. The van der Waals surface area contributed by atoms with Gasteiger partial charge in [-0.05, 0) is 72.8 Å². The number of anilines is 3. The van der Waals surface area contributed by atoms with E-state index in [-0.39, 0.29) is 0 Å². The van der Waals surface area contributed by atoms with Crippen molar-refractivity contribution in [1.29, 1.82) is 0 Å². The summed E-state index contributed by atoms with van der Waals surface area (Å²) < 4.78 is 14.8. The van der Waals surface area contributed by atoms with E-state index < -0.39 is 11.9 Å². The van der Waals surface area contributed by atoms with Gasteiger partial charge in [0.2, 0.25) is 0 Å². The van der Waals surface area contributed by atoms with Crippen molar-refractivity contribution >= 4 is 29.0 Å². The molecule has 0 heterocycles. The average Bonchev–Trinajstić information content (AvgIpc) is 2.79. The molecule has 6 heteroatoms. The van der Waals surface area contributed by atoms with Gasteiger partial charge in [-0.3, -0.25) is 0 Å². The van der Waals surface area contributed by atoms with Crippen LogP contribution in [-0.2, 0) is 9.47 Å². The average molecular weight is 391 g/mol. The molecule has 3 aromatic carbocycles. The molecule has 0 saturated heterocycles. The van der Waals surface area contributed by atoms with Crippen LogP contribution in [0.15, 0.2) is 72.8 Å². The summed E-state index contributed by atoms with van der Waals surface area (Å²) in [6.45, 7) is 0. The molecule has 3 aromatic rings. The van der Waals surface area contributed by atoms with Crippen LogP contribution in [0.25, 0.3) is 0 Å². The minimum Gasteiger partial charge on any atom is -0.497 e. The molecule has 0 aliphatic heterocycles. The predicted molar refractivity (Wildman–Crippen MR) is 110 cm³/mol. The van der Waals surface area contributed by atoms with Gasteiger partial charge in [-0.15, -0.1) is 0 Å². The van der Waals surface area contributed by atoms with Gasteiger partial charge in [-0.25, -0.2) is 9.59 Å². The normalized spacial score (nSPS) is 10.2. The number of nitrogens with zero attached hydrogens (tertiary/aromatic N) is 1. The highest BCUT2D eigenvalue weighted by Crippen LogP contribution is 2.35. The Kier molecular flexibility index (Phi) is 6.14. The fraction of sp³-hybridized carbons (Fsp3) is 0.130. The van der Waals surface area contributed by atoms with Gasteiger partial charge >= 0.3 is 11.9 Å². The third kappa shape index (κ3) is 4.38. The highest BCUT2D eigenvalue weighted by atomic mass is 16.5. The van der Waals surface area contributed by atoms with Gasteiger partial charge in [0, 0.05) is 17.1 Å². The Balaban J connectivity index is 2.03. The Bertz CT molecular complexity index is 920. The first-order chi connectivity index (χ1) is 14.1. The number of ether oxygens (including phenoxy) is 3. The summed E-state index contributed by atoms with van der Waals surface area (Å²) in [6, 6.07) is 21.8. The monoisotopic (exact) mass is 391 g/mol. The second-order valence-electron chi connectivity index (χ2n) is 6.11. The molecular formula is C23H21NO5. The first kappa shape index (κ1) is 19.9. The smallest absolute Gasteiger partial charge is 0.337 e. The van der Waals surface area contributed by atoms with Crippen molar-refractivity contribution in [3.63, 3.8) is 0 Å². The molecule has 0 saturated carbocycles. The van der Waals surface area contributed by atoms with Crippen LogP contribution >= 0.6 is 0 Å². The molecular weight excluding hydrogens is 370 g/mol. The van der Waals surface area contributed by atoms with Gasteiger partial charge in [-0.1, -0.05) is 0 Å². The molecule has 0 radical (unpaired) electrons. The van der Waals surface area contributed by atoms with Crippen LogP contribution in [0, 0.1) is 0 Å². The highest BCUT2D eigenvalue weighted by molar-refractivity contribution is 5.91. The summed E-state index contributed by atoms with van der Waals surface area (Å²) in [5, 5.41) is 0. The lowest BCUT2D eigenvalue weighted by Gasteiger charge is -2.26. The number of hydrogen-bond acceptors (Lipinski definition) is 6. The Labute approximate surface area is 169 Å². The third-order valence-electron chi connectivity index (χ3n) is 4.42. The number of methoxy groups -OCH3 is 3. The molecule has 0 aliphatic rings. The molecule has 3 rings (SSSR count). The maximum Gasteiger partial charge on any atom is 0.337 e. The number of hydrogen-bond donors (Lipinski definition) is 0. The van der Waals surface area contributed by atoms with E-state index in [0.717, 1.165) is 22.8 Å². The van der Waals surface area contributed by atoms with Crippen LogP contribution < -0.4 is 9.64 Å². The molecule has 148 valence electrons. The number of carbonyl (C=O) groups is 2. The Morgan fingerprint density at radius 3 is 1.24 bits per heavy atom. The van der Waals surface area contributed by atoms with E-state index >= 15 is 0 Å². The molecule has 0 amide bonds. The molecule has 0 atom stereocenters. The van der Waals surface area contributed by atoms with Gasteiger partial charge in [0.15, 0.2) is 0 Å². The zero-order chi connectivity index (χ0) is 20.8. The molecule has 0 unspecified atom stereocenters. The summed E-state index contributed by atoms with van der Waals surface area (Å²) in [7, 11) is 4.31. The van der Waals surface area contributed by atoms with Crippen molar-refractivity contribution in [2.45, 2.75) is 0 Å². The van der Waals surface area contributed by atoms with Crippen LogP contribution in [0.3, 0.4) is 0 Å². The summed E-state index contributed by atoms with van der Waals surface area (Å²) in [4.78, 5) is 25.5. The zero-order valence-corrected chi connectivity index (χ0v) is 16.4. The Morgan fingerprint density at radius 1 is 0.586 bits per heavy atom. The van der Waals surface area contributed by atoms with Crippen LogP contribution in [0.1, 0.15) is 20.7 Å². The van der Waals surface area contributed by atoms with Crippen molar-refractivity contribution in [3.8, 4) is 5.75 Å². The van der Waals surface area contributed by atoms with Gasteiger partial charge in [0.25, 0.3) is 0 Å². The third-order valence-corrected chi connectivity index (χ3v) is 4.42. The maximum atomic E-state index is 11.7. The second-order valence-corrected chi connectivity index (χ2v) is 6.11. The van der Waals surface area contributed by atoms with Crippen LogP contribution in [0.5, 0.6) is 5.75 Å². The SMILES string of the molecule is COC(=O)c1ccc(N(c2ccc(OC)cc2)c2ccc(C(=O)OC)cc2)cc1. The van der Waals surface area contributed by atoms with E-state index in [1.54, 1.807) is 31.4 Å². The van der Waals surface area contributed by atoms with Gasteiger partial charge in [0.05, 0.1) is 32.5 Å². The number of esters is 2. The van der Waals surface area contributed by atoms with E-state index in [2.05, 4.69) is 0 Å². The summed E-state index contributed by atoms with van der Waals surface area (Å²) in [5.41, 5.74) is 3.50. The van der Waals surface area contributed by atoms with Crippen molar-refractivity contribution in [3.05, 3.63) is 83.9 Å². The molecule has 29 heavy (non-hydrogen) atoms. The Hall–Kier alpha value is -3.80.